The minimum atomic E-state index is -1.02. The molecule has 0 fully saturated rings. The number of hydrogen-bond donors (Lipinski definition) is 3. The van der Waals surface area contributed by atoms with Crippen molar-refractivity contribution in [2.75, 3.05) is 5.32 Å². The van der Waals surface area contributed by atoms with E-state index >= 15 is 0 Å². The van der Waals surface area contributed by atoms with Crippen molar-refractivity contribution in [2.24, 2.45) is 0 Å². The van der Waals surface area contributed by atoms with Crippen molar-refractivity contribution >= 4 is 11.8 Å². The Kier molecular flexibility index (Phi) is 5.61. The number of carboxylic acids is 1. The second-order valence-electron chi connectivity index (χ2n) is 6.91. The van der Waals surface area contributed by atoms with Gasteiger partial charge in [0.1, 0.15) is 11.4 Å². The molecule has 3 N–H and O–H groups in total. The summed E-state index contributed by atoms with van der Waals surface area (Å²) < 4.78 is 4.71. The number of carboxylic acid groups (broad SMARTS) is 1. The minimum Gasteiger partial charge on any atom is -0.478 e. The van der Waals surface area contributed by atoms with E-state index in [2.05, 4.69) is 20.4 Å². The molecule has 1 unspecified atom stereocenters. The monoisotopic (exact) mass is 416 g/mol. The molecule has 0 aliphatic heterocycles. The summed E-state index contributed by atoms with van der Waals surface area (Å²) in [6.45, 7) is 2.02. The Balaban J connectivity index is 1.63. The first-order valence-corrected chi connectivity index (χ1v) is 9.77. The van der Waals surface area contributed by atoms with Gasteiger partial charge in [0, 0.05) is 11.8 Å². The average molecular weight is 416 g/mol. The number of aromatic amines is 1. The van der Waals surface area contributed by atoms with Gasteiger partial charge in [0.25, 0.3) is 0 Å². The van der Waals surface area contributed by atoms with Crippen molar-refractivity contribution in [3.63, 3.8) is 0 Å². The summed E-state index contributed by atoms with van der Waals surface area (Å²) in [5.41, 5.74) is 3.74. The van der Waals surface area contributed by atoms with Crippen molar-refractivity contribution in [2.45, 2.75) is 19.4 Å². The third-order valence-electron chi connectivity index (χ3n) is 5.00. The summed E-state index contributed by atoms with van der Waals surface area (Å²) in [7, 11) is 0. The van der Waals surface area contributed by atoms with Crippen LogP contribution in [-0.4, -0.2) is 26.2 Å². The van der Waals surface area contributed by atoms with E-state index < -0.39 is 11.7 Å². The third-order valence-corrected chi connectivity index (χ3v) is 5.00. The largest absolute Gasteiger partial charge is 0.478 e. The number of aromatic nitrogens is 3. The summed E-state index contributed by atoms with van der Waals surface area (Å²) in [6.07, 6.45) is 2.31. The van der Waals surface area contributed by atoms with E-state index in [-0.39, 0.29) is 11.6 Å². The predicted octanol–water partition coefficient (Wildman–Crippen LogP) is 4.35. The van der Waals surface area contributed by atoms with Crippen LogP contribution in [0.25, 0.3) is 22.5 Å². The highest BCUT2D eigenvalue weighted by Crippen LogP contribution is 2.31. The van der Waals surface area contributed by atoms with Crippen LogP contribution < -0.4 is 11.1 Å². The quantitative estimate of drug-likeness (QED) is 0.409. The fourth-order valence-corrected chi connectivity index (χ4v) is 3.46. The van der Waals surface area contributed by atoms with E-state index in [1.807, 2.05) is 55.5 Å². The number of H-pyrrole nitrogens is 1. The van der Waals surface area contributed by atoms with Crippen LogP contribution in [0.1, 0.15) is 35.3 Å². The van der Waals surface area contributed by atoms with Crippen molar-refractivity contribution in [1.29, 1.82) is 0 Å². The maximum absolute atomic E-state index is 11.5. The van der Waals surface area contributed by atoms with E-state index in [0.717, 1.165) is 28.7 Å². The molecular weight excluding hydrogens is 396 g/mol. The Morgan fingerprint density at radius 1 is 1.10 bits per heavy atom. The van der Waals surface area contributed by atoms with E-state index in [1.165, 1.54) is 6.07 Å². The molecule has 0 aliphatic rings. The van der Waals surface area contributed by atoms with E-state index in [9.17, 15) is 14.7 Å². The zero-order valence-corrected chi connectivity index (χ0v) is 16.7. The standard InChI is InChI=1S/C23H20N4O4/c1-2-19(25-20-18(22(28)29)8-5-13-24-20)15-11-9-14(10-12-15)16-6-3-4-7-17(16)21-26-23(30)31-27-21/h3-13,19H,2H2,1H3,(H,24,25)(H,28,29)(H,26,27,30). The minimum absolute atomic E-state index is 0.107. The van der Waals surface area contributed by atoms with Gasteiger partial charge >= 0.3 is 11.7 Å². The highest BCUT2D eigenvalue weighted by Gasteiger charge is 2.16. The summed E-state index contributed by atoms with van der Waals surface area (Å²) in [6, 6.07) is 18.5. The lowest BCUT2D eigenvalue weighted by Crippen LogP contribution is -2.14. The first kappa shape index (κ1) is 20.1. The predicted molar refractivity (Wildman–Crippen MR) is 116 cm³/mol. The second kappa shape index (κ2) is 8.66. The number of hydrogen-bond acceptors (Lipinski definition) is 6. The topological polar surface area (TPSA) is 121 Å². The van der Waals surface area contributed by atoms with Gasteiger partial charge in [-0.05, 0) is 35.2 Å². The summed E-state index contributed by atoms with van der Waals surface area (Å²) in [5, 5.41) is 15.2. The van der Waals surface area contributed by atoms with Crippen LogP contribution in [0, 0.1) is 0 Å². The summed E-state index contributed by atoms with van der Waals surface area (Å²) in [4.78, 5) is 30.8. The van der Waals surface area contributed by atoms with Crippen LogP contribution in [0.5, 0.6) is 0 Å². The van der Waals surface area contributed by atoms with Crippen LogP contribution in [0.3, 0.4) is 0 Å². The van der Waals surface area contributed by atoms with E-state index in [0.29, 0.717) is 11.6 Å². The molecule has 0 spiro atoms. The zero-order chi connectivity index (χ0) is 21.8. The Hall–Kier alpha value is -4.20. The second-order valence-corrected chi connectivity index (χ2v) is 6.91. The SMILES string of the molecule is CCC(Nc1ncccc1C(=O)O)c1ccc(-c2ccccc2-c2nc(=O)o[nH]2)cc1. The molecule has 4 aromatic rings. The van der Waals surface area contributed by atoms with Gasteiger partial charge in [-0.1, -0.05) is 55.5 Å². The Bertz CT molecular complexity index is 1260. The van der Waals surface area contributed by atoms with Gasteiger partial charge < -0.3 is 14.9 Å². The van der Waals surface area contributed by atoms with Crippen LogP contribution in [-0.2, 0) is 0 Å². The molecule has 0 bridgehead atoms. The molecule has 2 aromatic heterocycles. The molecule has 8 nitrogen and oxygen atoms in total. The zero-order valence-electron chi connectivity index (χ0n) is 16.7. The molecule has 0 radical (unpaired) electrons. The molecule has 0 saturated carbocycles. The molecule has 156 valence electrons. The fraction of sp³-hybridized carbons (Fsp3) is 0.130. The van der Waals surface area contributed by atoms with Gasteiger partial charge in [-0.2, -0.15) is 10.1 Å². The molecule has 2 heterocycles. The normalized spacial score (nSPS) is 11.8. The highest BCUT2D eigenvalue weighted by molar-refractivity contribution is 5.93. The van der Waals surface area contributed by atoms with Crippen LogP contribution in [0.2, 0.25) is 0 Å². The van der Waals surface area contributed by atoms with Gasteiger partial charge in [-0.15, -0.1) is 0 Å². The highest BCUT2D eigenvalue weighted by atomic mass is 16.5. The molecule has 1 atom stereocenters. The van der Waals surface area contributed by atoms with Crippen molar-refractivity contribution in [3.05, 3.63) is 88.5 Å². The fourth-order valence-electron chi connectivity index (χ4n) is 3.46. The number of aromatic carboxylic acids is 1. The number of rotatable bonds is 7. The lowest BCUT2D eigenvalue weighted by atomic mass is 9.96. The van der Waals surface area contributed by atoms with Crippen molar-refractivity contribution < 1.29 is 14.4 Å². The molecule has 8 heteroatoms. The lowest BCUT2D eigenvalue weighted by Gasteiger charge is -2.19. The molecule has 31 heavy (non-hydrogen) atoms. The molecule has 2 aromatic carbocycles. The summed E-state index contributed by atoms with van der Waals surface area (Å²) >= 11 is 0. The number of anilines is 1. The number of carbonyl (C=O) groups is 1. The van der Waals surface area contributed by atoms with Crippen LogP contribution in [0.4, 0.5) is 5.82 Å². The lowest BCUT2D eigenvalue weighted by molar-refractivity contribution is 0.0697. The molecule has 0 aliphatic carbocycles. The maximum Gasteiger partial charge on any atom is 0.460 e. The number of nitrogens with one attached hydrogen (secondary N) is 2. The average Bonchev–Trinajstić information content (AvgIpc) is 3.24. The van der Waals surface area contributed by atoms with Gasteiger partial charge in [-0.3, -0.25) is 0 Å². The number of pyridine rings is 1. The smallest absolute Gasteiger partial charge is 0.460 e. The first-order valence-electron chi connectivity index (χ1n) is 9.77. The van der Waals surface area contributed by atoms with Crippen LogP contribution >= 0.6 is 0 Å². The Labute approximate surface area is 177 Å². The molecule has 4 rings (SSSR count). The molecule has 0 amide bonds. The Morgan fingerprint density at radius 2 is 1.84 bits per heavy atom. The van der Waals surface area contributed by atoms with Gasteiger partial charge in [0.05, 0.1) is 6.04 Å². The van der Waals surface area contributed by atoms with Gasteiger partial charge in [-0.25, -0.2) is 14.6 Å². The van der Waals surface area contributed by atoms with E-state index in [1.54, 1.807) is 12.3 Å². The van der Waals surface area contributed by atoms with Crippen molar-refractivity contribution in [1.82, 2.24) is 15.1 Å². The number of benzene rings is 2. The molecular formula is C23H20N4O4. The van der Waals surface area contributed by atoms with Gasteiger partial charge in [0.15, 0.2) is 5.82 Å². The third kappa shape index (κ3) is 4.23. The van der Waals surface area contributed by atoms with Gasteiger partial charge in [0.2, 0.25) is 0 Å². The van der Waals surface area contributed by atoms with Crippen LogP contribution in [0.15, 0.2) is 76.2 Å². The first-order chi connectivity index (χ1) is 15.1. The maximum atomic E-state index is 11.5. The van der Waals surface area contributed by atoms with Crippen molar-refractivity contribution in [3.8, 4) is 22.5 Å². The number of nitrogens with zero attached hydrogens (tertiary/aromatic N) is 2. The summed E-state index contributed by atoms with van der Waals surface area (Å²) in [5.74, 6) is -0.990. The van der Waals surface area contributed by atoms with E-state index in [4.69, 9.17) is 4.52 Å². The Morgan fingerprint density at radius 3 is 2.48 bits per heavy atom. The molecule has 0 saturated heterocycles.